The minimum absolute atomic E-state index is 0.0741. The molecule has 0 radical (unpaired) electrons. The van der Waals surface area contributed by atoms with Crippen molar-refractivity contribution in [1.29, 1.82) is 0 Å². The van der Waals surface area contributed by atoms with Crippen LogP contribution in [0.25, 0.3) is 0 Å². The lowest BCUT2D eigenvalue weighted by atomic mass is 10.0. The topological polar surface area (TPSA) is 78.9 Å². The molecule has 0 N–H and O–H groups in total. The molecule has 0 fully saturated rings. The zero-order chi connectivity index (χ0) is 55.0. The molecule has 0 amide bonds. The van der Waals surface area contributed by atoms with Gasteiger partial charge < -0.3 is 14.2 Å². The number of hydrogen-bond donors (Lipinski definition) is 0. The fourth-order valence-corrected chi connectivity index (χ4v) is 10.2. The third-order valence-electron chi connectivity index (χ3n) is 15.3. The summed E-state index contributed by atoms with van der Waals surface area (Å²) in [4.78, 5) is 38.2. The first-order chi connectivity index (χ1) is 37.5. The summed E-state index contributed by atoms with van der Waals surface area (Å²) >= 11 is 0. The molecular weight excluding hydrogens is 937 g/mol. The standard InChI is InChI=1S/C70H130O6/c1-4-7-10-13-16-19-22-25-26-27-28-29-30-31-32-33-34-35-36-37-38-39-40-41-42-43-44-46-48-51-54-57-60-63-69(72)75-66-67(65-74-68(71)62-59-56-53-50-47-24-21-18-15-12-9-6-3)76-70(73)64-61-58-55-52-49-45-23-20-17-14-11-8-5-2/h18,20-21,23,27-28,67H,4-17,19,22,24-26,29-66H2,1-3H3/b21-18-,23-20-,28-27-. The lowest BCUT2D eigenvalue weighted by molar-refractivity contribution is -0.167. The summed E-state index contributed by atoms with van der Waals surface area (Å²) in [6.07, 6.45) is 80.5. The first kappa shape index (κ1) is 73.6. The molecule has 76 heavy (non-hydrogen) atoms. The fraction of sp³-hybridized carbons (Fsp3) is 0.871. The third kappa shape index (κ3) is 62.5. The smallest absolute Gasteiger partial charge is 0.306 e. The van der Waals surface area contributed by atoms with Gasteiger partial charge in [-0.05, 0) is 96.3 Å². The monoisotopic (exact) mass is 1070 g/mol. The molecule has 0 bridgehead atoms. The van der Waals surface area contributed by atoms with Gasteiger partial charge in [-0.2, -0.15) is 0 Å². The molecule has 0 rings (SSSR count). The van der Waals surface area contributed by atoms with Crippen molar-refractivity contribution in [3.05, 3.63) is 36.5 Å². The number of carbonyl (C=O) groups excluding carboxylic acids is 3. The maximum atomic E-state index is 12.8. The number of carbonyl (C=O) groups is 3. The number of rotatable bonds is 63. The van der Waals surface area contributed by atoms with E-state index in [-0.39, 0.29) is 31.1 Å². The van der Waals surface area contributed by atoms with Crippen LogP contribution < -0.4 is 0 Å². The number of allylic oxidation sites excluding steroid dienone is 6. The summed E-state index contributed by atoms with van der Waals surface area (Å²) in [6.45, 7) is 6.64. The van der Waals surface area contributed by atoms with Crippen LogP contribution in [0.1, 0.15) is 374 Å². The molecule has 0 aliphatic rings. The fourth-order valence-electron chi connectivity index (χ4n) is 10.2. The number of ether oxygens (including phenoxy) is 3. The van der Waals surface area contributed by atoms with Gasteiger partial charge in [0.25, 0.3) is 0 Å². The van der Waals surface area contributed by atoms with Crippen LogP contribution in [-0.2, 0) is 28.6 Å². The summed E-state index contributed by atoms with van der Waals surface area (Å²) in [6, 6.07) is 0. The number of hydrogen-bond acceptors (Lipinski definition) is 6. The summed E-state index contributed by atoms with van der Waals surface area (Å²) in [5.74, 6) is -0.872. The van der Waals surface area contributed by atoms with Crippen molar-refractivity contribution in [3.8, 4) is 0 Å². The number of unbranched alkanes of at least 4 members (excludes halogenated alkanes) is 46. The van der Waals surface area contributed by atoms with Gasteiger partial charge in [0.05, 0.1) is 0 Å². The highest BCUT2D eigenvalue weighted by Gasteiger charge is 2.19. The predicted molar refractivity (Wildman–Crippen MR) is 330 cm³/mol. The van der Waals surface area contributed by atoms with Gasteiger partial charge in [-0.1, -0.05) is 295 Å². The summed E-state index contributed by atoms with van der Waals surface area (Å²) in [7, 11) is 0. The van der Waals surface area contributed by atoms with E-state index in [2.05, 4.69) is 57.2 Å². The van der Waals surface area contributed by atoms with Crippen molar-refractivity contribution in [2.45, 2.75) is 380 Å². The minimum Gasteiger partial charge on any atom is -0.462 e. The molecule has 1 atom stereocenters. The molecule has 0 aliphatic carbocycles. The van der Waals surface area contributed by atoms with E-state index in [9.17, 15) is 14.4 Å². The zero-order valence-corrected chi connectivity index (χ0v) is 51.3. The highest BCUT2D eigenvalue weighted by atomic mass is 16.6. The van der Waals surface area contributed by atoms with Gasteiger partial charge in [-0.25, -0.2) is 0 Å². The lowest BCUT2D eigenvalue weighted by Gasteiger charge is -2.18. The molecule has 6 heteroatoms. The predicted octanol–water partition coefficient (Wildman–Crippen LogP) is 23.2. The normalized spacial score (nSPS) is 12.2. The molecule has 0 aromatic carbocycles. The Morgan fingerprint density at radius 3 is 0.697 bits per heavy atom. The van der Waals surface area contributed by atoms with Crippen LogP contribution in [-0.4, -0.2) is 37.2 Å². The average Bonchev–Trinajstić information content (AvgIpc) is 3.42. The van der Waals surface area contributed by atoms with E-state index in [0.29, 0.717) is 19.3 Å². The number of esters is 3. The van der Waals surface area contributed by atoms with Crippen molar-refractivity contribution in [1.82, 2.24) is 0 Å². The van der Waals surface area contributed by atoms with Crippen molar-refractivity contribution in [3.63, 3.8) is 0 Å². The Kier molecular flexibility index (Phi) is 63.1. The average molecular weight is 1070 g/mol. The second-order valence-corrected chi connectivity index (χ2v) is 23.1. The van der Waals surface area contributed by atoms with Crippen LogP contribution in [0.15, 0.2) is 36.5 Å². The Bertz CT molecular complexity index is 1270. The van der Waals surface area contributed by atoms with Gasteiger partial charge in [0.15, 0.2) is 6.10 Å². The van der Waals surface area contributed by atoms with Crippen LogP contribution in [0, 0.1) is 0 Å². The van der Waals surface area contributed by atoms with E-state index >= 15 is 0 Å². The second-order valence-electron chi connectivity index (χ2n) is 23.1. The van der Waals surface area contributed by atoms with Crippen molar-refractivity contribution < 1.29 is 28.6 Å². The molecule has 0 heterocycles. The van der Waals surface area contributed by atoms with E-state index < -0.39 is 6.10 Å². The maximum Gasteiger partial charge on any atom is 0.306 e. The van der Waals surface area contributed by atoms with E-state index in [1.165, 1.54) is 263 Å². The summed E-state index contributed by atoms with van der Waals surface area (Å²) in [5, 5.41) is 0. The Morgan fingerprint density at radius 1 is 0.250 bits per heavy atom. The van der Waals surface area contributed by atoms with Crippen molar-refractivity contribution in [2.75, 3.05) is 13.2 Å². The van der Waals surface area contributed by atoms with Crippen LogP contribution >= 0.6 is 0 Å². The molecule has 0 saturated heterocycles. The molecule has 0 aromatic rings. The van der Waals surface area contributed by atoms with E-state index in [1.54, 1.807) is 0 Å². The summed E-state index contributed by atoms with van der Waals surface area (Å²) in [5.41, 5.74) is 0. The van der Waals surface area contributed by atoms with Crippen LogP contribution in [0.4, 0.5) is 0 Å². The summed E-state index contributed by atoms with van der Waals surface area (Å²) < 4.78 is 16.9. The van der Waals surface area contributed by atoms with E-state index in [1.807, 2.05) is 0 Å². The first-order valence-electron chi connectivity index (χ1n) is 34.0. The Labute approximate surface area is 474 Å². The highest BCUT2D eigenvalue weighted by Crippen LogP contribution is 2.18. The van der Waals surface area contributed by atoms with Gasteiger partial charge in [0, 0.05) is 19.3 Å². The highest BCUT2D eigenvalue weighted by molar-refractivity contribution is 5.71. The van der Waals surface area contributed by atoms with Crippen LogP contribution in [0.2, 0.25) is 0 Å². The minimum atomic E-state index is -0.777. The van der Waals surface area contributed by atoms with Gasteiger partial charge in [-0.3, -0.25) is 14.4 Å². The van der Waals surface area contributed by atoms with Crippen LogP contribution in [0.3, 0.4) is 0 Å². The van der Waals surface area contributed by atoms with Crippen molar-refractivity contribution >= 4 is 17.9 Å². The SMILES string of the molecule is CCCCC/C=C\CCCCCCCC(=O)OCC(COC(=O)CCCCCCCCCCCCCCCCCCCCCCC/C=C\CCCCCCCCCC)OC(=O)CCCCCCC/C=C\CCCCCC. The van der Waals surface area contributed by atoms with Gasteiger partial charge >= 0.3 is 17.9 Å². The Balaban J connectivity index is 4.03. The quantitative estimate of drug-likeness (QED) is 0.0261. The maximum absolute atomic E-state index is 12.8. The largest absolute Gasteiger partial charge is 0.462 e. The van der Waals surface area contributed by atoms with Gasteiger partial charge in [-0.15, -0.1) is 0 Å². The Morgan fingerprint density at radius 2 is 0.434 bits per heavy atom. The zero-order valence-electron chi connectivity index (χ0n) is 51.3. The Hall–Kier alpha value is -2.37. The lowest BCUT2D eigenvalue weighted by Crippen LogP contribution is -2.30. The van der Waals surface area contributed by atoms with Gasteiger partial charge in [0.2, 0.25) is 0 Å². The molecule has 0 saturated carbocycles. The van der Waals surface area contributed by atoms with Crippen molar-refractivity contribution in [2.24, 2.45) is 0 Å². The molecule has 446 valence electrons. The van der Waals surface area contributed by atoms with E-state index in [4.69, 9.17) is 14.2 Å². The molecular formula is C70H130O6. The van der Waals surface area contributed by atoms with E-state index in [0.717, 1.165) is 70.6 Å². The first-order valence-corrected chi connectivity index (χ1v) is 34.0. The molecule has 0 aliphatic heterocycles. The van der Waals surface area contributed by atoms with Crippen LogP contribution in [0.5, 0.6) is 0 Å². The second kappa shape index (κ2) is 65.2. The molecule has 0 aromatic heterocycles. The third-order valence-corrected chi connectivity index (χ3v) is 15.3. The van der Waals surface area contributed by atoms with Gasteiger partial charge in [0.1, 0.15) is 13.2 Å². The molecule has 6 nitrogen and oxygen atoms in total. The molecule has 0 spiro atoms. The molecule has 1 unspecified atom stereocenters.